The fraction of sp³-hybridized carbons (Fsp3) is 0.739. The Bertz CT molecular complexity index is 1140. The topological polar surface area (TPSA) is 215 Å². The molecule has 0 amide bonds. The molecule has 2 heterocycles. The van der Waals surface area contributed by atoms with Crippen molar-refractivity contribution < 1.29 is 65.6 Å². The summed E-state index contributed by atoms with van der Waals surface area (Å²) in [4.78, 5) is 39.0. The molecular formula is C23H37FN3O14P. The first-order chi connectivity index (χ1) is 19.7. The van der Waals surface area contributed by atoms with Crippen LogP contribution < -0.4 is 11.4 Å². The lowest BCUT2D eigenvalue weighted by Crippen LogP contribution is -2.49. The van der Waals surface area contributed by atoms with Gasteiger partial charge in [-0.25, -0.2) is 27.9 Å². The van der Waals surface area contributed by atoms with Gasteiger partial charge in [0.2, 0.25) is 6.79 Å². The molecule has 1 saturated heterocycles. The van der Waals surface area contributed by atoms with Gasteiger partial charge in [-0.3, -0.25) is 13.6 Å². The van der Waals surface area contributed by atoms with E-state index < -0.39 is 82.1 Å². The highest BCUT2D eigenvalue weighted by Gasteiger charge is 2.57. The van der Waals surface area contributed by atoms with Crippen LogP contribution in [0.1, 0.15) is 40.3 Å². The summed E-state index contributed by atoms with van der Waals surface area (Å²) < 4.78 is 75.0. The standard InChI is InChI=1S/C23H37FN3O14P/c1-14(2)39-21(30)34-9-6-10-36-42(32,38-13-35-22(31)40-15(3)4)37-12-23(11-33-5)18(28)17(24)19(41-23)27-8-7-16(25)26-20(27)29/h7-8,14-15,17-19,28H,6,9-13H2,1-5H3,(H2,25,26,29)/t17-,18+,19-,23-,42?/m1/s1. The molecule has 5 atom stereocenters. The van der Waals surface area contributed by atoms with Crippen LogP contribution in [0.5, 0.6) is 0 Å². The van der Waals surface area contributed by atoms with E-state index in [1.54, 1.807) is 27.7 Å². The Labute approximate surface area is 240 Å². The number of phosphoric ester groups is 1. The molecule has 17 nitrogen and oxygen atoms in total. The van der Waals surface area contributed by atoms with Crippen LogP contribution in [0.4, 0.5) is 19.8 Å². The number of carbonyl (C=O) groups is 2. The van der Waals surface area contributed by atoms with E-state index in [4.69, 9.17) is 47.7 Å². The molecule has 42 heavy (non-hydrogen) atoms. The van der Waals surface area contributed by atoms with Crippen LogP contribution in [0.15, 0.2) is 17.1 Å². The molecule has 0 spiro atoms. The van der Waals surface area contributed by atoms with Gasteiger partial charge in [-0.2, -0.15) is 4.98 Å². The summed E-state index contributed by atoms with van der Waals surface area (Å²) in [6, 6.07) is 1.23. The average Bonchev–Trinajstić information content (AvgIpc) is 3.12. The number of nitrogens with zero attached hydrogens (tertiary/aromatic N) is 2. The minimum atomic E-state index is -4.64. The number of carbonyl (C=O) groups excluding carboxylic acids is 2. The number of alkyl halides is 1. The predicted molar refractivity (Wildman–Crippen MR) is 139 cm³/mol. The molecule has 0 bridgehead atoms. The number of aliphatic hydroxyl groups excluding tert-OH is 1. The van der Waals surface area contributed by atoms with E-state index in [1.165, 1.54) is 13.2 Å². The van der Waals surface area contributed by atoms with E-state index in [0.717, 1.165) is 10.8 Å². The Morgan fingerprint density at radius 3 is 2.36 bits per heavy atom. The molecule has 19 heteroatoms. The Morgan fingerprint density at radius 1 is 1.12 bits per heavy atom. The van der Waals surface area contributed by atoms with Gasteiger partial charge in [-0.05, 0) is 33.8 Å². The molecule has 1 aromatic rings. The first-order valence-corrected chi connectivity index (χ1v) is 14.2. The lowest BCUT2D eigenvalue weighted by Gasteiger charge is -2.31. The van der Waals surface area contributed by atoms with E-state index in [0.29, 0.717) is 0 Å². The van der Waals surface area contributed by atoms with E-state index in [-0.39, 0.29) is 25.5 Å². The maximum Gasteiger partial charge on any atom is 0.510 e. The van der Waals surface area contributed by atoms with Gasteiger partial charge >= 0.3 is 25.8 Å². The van der Waals surface area contributed by atoms with Crippen LogP contribution in [0, 0.1) is 0 Å². The summed E-state index contributed by atoms with van der Waals surface area (Å²) >= 11 is 0. The lowest BCUT2D eigenvalue weighted by atomic mass is 9.98. The van der Waals surface area contributed by atoms with E-state index in [2.05, 4.69) is 4.98 Å². The number of rotatable bonds is 16. The molecule has 2 rings (SSSR count). The molecule has 1 aromatic heterocycles. The van der Waals surface area contributed by atoms with Crippen molar-refractivity contribution in [1.82, 2.24) is 9.55 Å². The van der Waals surface area contributed by atoms with Crippen molar-refractivity contribution in [2.75, 3.05) is 46.1 Å². The SMILES string of the molecule is COC[C@]1(COP(=O)(OCCCOC(=O)OC(C)C)OCOC(=O)OC(C)C)O[C@@H](n2ccc(N)nc2=O)[C@H](F)[C@@H]1O. The number of hydrogen-bond acceptors (Lipinski definition) is 16. The van der Waals surface area contributed by atoms with Gasteiger partial charge in [0.1, 0.15) is 17.5 Å². The van der Waals surface area contributed by atoms with Crippen molar-refractivity contribution in [2.24, 2.45) is 0 Å². The largest absolute Gasteiger partial charge is 0.510 e. The zero-order valence-corrected chi connectivity index (χ0v) is 24.7. The van der Waals surface area contributed by atoms with Gasteiger partial charge in [-0.1, -0.05) is 0 Å². The van der Waals surface area contributed by atoms with E-state index in [1.807, 2.05) is 0 Å². The third kappa shape index (κ3) is 10.4. The van der Waals surface area contributed by atoms with Gasteiger partial charge < -0.3 is 39.3 Å². The number of ether oxygens (including phenoxy) is 6. The molecule has 1 unspecified atom stereocenters. The quantitative estimate of drug-likeness (QED) is 0.116. The summed E-state index contributed by atoms with van der Waals surface area (Å²) in [7, 11) is -3.42. The van der Waals surface area contributed by atoms with Crippen molar-refractivity contribution in [3.8, 4) is 0 Å². The van der Waals surface area contributed by atoms with Gasteiger partial charge in [-0.15, -0.1) is 0 Å². The minimum Gasteiger partial charge on any atom is -0.434 e. The smallest absolute Gasteiger partial charge is 0.434 e. The summed E-state index contributed by atoms with van der Waals surface area (Å²) in [6.07, 6.45) is -7.67. The van der Waals surface area contributed by atoms with E-state index >= 15 is 4.39 Å². The highest BCUT2D eigenvalue weighted by atomic mass is 31.2. The third-order valence-corrected chi connectivity index (χ3v) is 6.63. The number of nitrogen functional groups attached to an aromatic ring is 1. The van der Waals surface area contributed by atoms with Crippen LogP contribution in [-0.2, 0) is 46.6 Å². The highest BCUT2D eigenvalue weighted by molar-refractivity contribution is 7.48. The Hall–Kier alpha value is -2.86. The normalized spacial score (nSPS) is 23.5. The van der Waals surface area contributed by atoms with Crippen LogP contribution in [-0.4, -0.2) is 97.4 Å². The molecule has 1 aliphatic heterocycles. The van der Waals surface area contributed by atoms with Crippen molar-refractivity contribution in [2.45, 2.75) is 70.4 Å². The van der Waals surface area contributed by atoms with Gasteiger partial charge in [0.05, 0.1) is 38.6 Å². The molecule has 3 N–H and O–H groups in total. The van der Waals surface area contributed by atoms with Crippen molar-refractivity contribution >= 4 is 26.0 Å². The molecule has 0 aromatic carbocycles. The Kier molecular flexibility index (Phi) is 13.6. The second-order valence-corrected chi connectivity index (χ2v) is 11.1. The average molecular weight is 630 g/mol. The number of phosphoric acid groups is 1. The first kappa shape index (κ1) is 35.3. The molecule has 240 valence electrons. The number of aromatic nitrogens is 2. The zero-order chi connectivity index (χ0) is 31.5. The van der Waals surface area contributed by atoms with Crippen LogP contribution in [0.3, 0.4) is 0 Å². The number of hydrogen-bond donors (Lipinski definition) is 2. The van der Waals surface area contributed by atoms with Crippen LogP contribution >= 0.6 is 7.82 Å². The van der Waals surface area contributed by atoms with Crippen molar-refractivity contribution in [3.63, 3.8) is 0 Å². The second kappa shape index (κ2) is 16.1. The molecular weight excluding hydrogens is 592 g/mol. The number of nitrogens with two attached hydrogens (primary N) is 1. The van der Waals surface area contributed by atoms with Crippen molar-refractivity contribution in [3.05, 3.63) is 22.7 Å². The Balaban J connectivity index is 2.14. The summed E-state index contributed by atoms with van der Waals surface area (Å²) in [5, 5.41) is 10.8. The molecule has 0 saturated carbocycles. The molecule has 0 radical (unpaired) electrons. The molecule has 1 aliphatic rings. The number of halogens is 1. The van der Waals surface area contributed by atoms with Crippen LogP contribution in [0.25, 0.3) is 0 Å². The summed E-state index contributed by atoms with van der Waals surface area (Å²) in [5.41, 5.74) is 2.51. The Morgan fingerprint density at radius 2 is 1.76 bits per heavy atom. The fourth-order valence-corrected chi connectivity index (χ4v) is 4.59. The zero-order valence-electron chi connectivity index (χ0n) is 23.8. The minimum absolute atomic E-state index is 0.00414. The number of methoxy groups -OCH3 is 1. The maximum atomic E-state index is 15.3. The number of anilines is 1. The van der Waals surface area contributed by atoms with Gasteiger partial charge in [0.15, 0.2) is 12.4 Å². The van der Waals surface area contributed by atoms with Gasteiger partial charge in [0.25, 0.3) is 0 Å². The first-order valence-electron chi connectivity index (χ1n) is 12.8. The monoisotopic (exact) mass is 629 g/mol. The highest BCUT2D eigenvalue weighted by Crippen LogP contribution is 2.51. The molecule has 1 fully saturated rings. The van der Waals surface area contributed by atoms with E-state index in [9.17, 15) is 24.1 Å². The maximum absolute atomic E-state index is 15.3. The van der Waals surface area contributed by atoms with Crippen LogP contribution in [0.2, 0.25) is 0 Å². The third-order valence-electron chi connectivity index (χ3n) is 5.26. The summed E-state index contributed by atoms with van der Waals surface area (Å²) in [5.74, 6) is -0.117. The fourth-order valence-electron chi connectivity index (χ4n) is 3.46. The summed E-state index contributed by atoms with van der Waals surface area (Å²) in [6.45, 7) is 3.58. The number of aliphatic hydroxyl groups is 1. The van der Waals surface area contributed by atoms with Crippen molar-refractivity contribution in [1.29, 1.82) is 0 Å². The second-order valence-electron chi connectivity index (χ2n) is 9.42. The predicted octanol–water partition coefficient (Wildman–Crippen LogP) is 2.07. The lowest BCUT2D eigenvalue weighted by molar-refractivity contribution is -0.156. The molecule has 0 aliphatic carbocycles. The van der Waals surface area contributed by atoms with Gasteiger partial charge in [0, 0.05) is 19.7 Å².